The van der Waals surface area contributed by atoms with Gasteiger partial charge in [-0.25, -0.2) is 0 Å². The molecular weight excluding hydrogens is 364 g/mol. The van der Waals surface area contributed by atoms with Gasteiger partial charge in [-0.3, -0.25) is 19.7 Å². The van der Waals surface area contributed by atoms with Crippen LogP contribution in [0, 0.1) is 10.1 Å². The monoisotopic (exact) mass is 387 g/mol. The summed E-state index contributed by atoms with van der Waals surface area (Å²) in [4.78, 5) is 35.5. The molecule has 0 aliphatic heterocycles. The van der Waals surface area contributed by atoms with Crippen LogP contribution in [0.2, 0.25) is 0 Å². The summed E-state index contributed by atoms with van der Waals surface area (Å²) in [5, 5.41) is 16.1. The number of rotatable bonds is 9. The van der Waals surface area contributed by atoms with E-state index in [0.717, 1.165) is 4.90 Å². The van der Waals surface area contributed by atoms with Crippen LogP contribution in [-0.4, -0.2) is 43.5 Å². The molecule has 0 aromatic heterocycles. The molecular formula is C19H23N4O5+. The predicted molar refractivity (Wildman–Crippen MR) is 105 cm³/mol. The number of anilines is 2. The minimum Gasteiger partial charge on any atom is -0.495 e. The highest BCUT2D eigenvalue weighted by Gasteiger charge is 2.18. The SMILES string of the molecule is CC[NH+](CC(=O)Nc1ccc([N+](=O)[O-])cc1)CC(=O)Nc1ccccc1OC. The molecule has 9 heteroatoms. The average Bonchev–Trinajstić information content (AvgIpc) is 2.68. The molecule has 1 atom stereocenters. The molecule has 2 amide bonds. The number of hydrogen-bond donors (Lipinski definition) is 3. The van der Waals surface area contributed by atoms with Crippen LogP contribution in [0.25, 0.3) is 0 Å². The summed E-state index contributed by atoms with van der Waals surface area (Å²) in [6, 6.07) is 12.7. The van der Waals surface area contributed by atoms with E-state index in [9.17, 15) is 19.7 Å². The molecule has 0 heterocycles. The van der Waals surface area contributed by atoms with Crippen LogP contribution in [0.4, 0.5) is 17.1 Å². The van der Waals surface area contributed by atoms with Gasteiger partial charge in [-0.2, -0.15) is 0 Å². The van der Waals surface area contributed by atoms with Crippen molar-refractivity contribution in [2.45, 2.75) is 6.92 Å². The Morgan fingerprint density at radius 2 is 1.64 bits per heavy atom. The molecule has 0 saturated carbocycles. The minimum atomic E-state index is -0.505. The second kappa shape index (κ2) is 10.0. The first-order valence-corrected chi connectivity index (χ1v) is 8.73. The number of carbonyl (C=O) groups is 2. The number of hydrogen-bond acceptors (Lipinski definition) is 5. The van der Waals surface area contributed by atoms with E-state index < -0.39 is 4.92 Å². The number of methoxy groups -OCH3 is 1. The normalized spacial score (nSPS) is 11.4. The van der Waals surface area contributed by atoms with Crippen LogP contribution in [0.15, 0.2) is 48.5 Å². The molecule has 0 aliphatic carbocycles. The first kappa shape index (κ1) is 20.8. The standard InChI is InChI=1S/C19H22N4O5/c1-3-22(13-19(25)21-16-6-4-5-7-17(16)28-2)12-18(24)20-14-8-10-15(11-9-14)23(26)27/h4-11H,3,12-13H2,1-2H3,(H,20,24)(H,21,25)/p+1. The third kappa shape index (κ3) is 6.06. The zero-order chi connectivity index (χ0) is 20.5. The van der Waals surface area contributed by atoms with Gasteiger partial charge in [0.05, 0.1) is 24.3 Å². The average molecular weight is 387 g/mol. The molecule has 0 aliphatic rings. The second-order valence-electron chi connectivity index (χ2n) is 6.06. The molecule has 0 radical (unpaired) electrons. The molecule has 28 heavy (non-hydrogen) atoms. The van der Waals surface area contributed by atoms with Crippen molar-refractivity contribution in [1.29, 1.82) is 0 Å². The minimum absolute atomic E-state index is 0.0492. The Morgan fingerprint density at radius 1 is 1.04 bits per heavy atom. The number of nitrogens with zero attached hydrogens (tertiary/aromatic N) is 1. The number of nitro benzene ring substituents is 1. The maximum Gasteiger partial charge on any atom is 0.279 e. The molecule has 2 aromatic carbocycles. The number of likely N-dealkylation sites (N-methyl/N-ethyl adjacent to an activating group) is 1. The Bertz CT molecular complexity index is 838. The zero-order valence-electron chi connectivity index (χ0n) is 15.7. The van der Waals surface area contributed by atoms with E-state index in [2.05, 4.69) is 10.6 Å². The van der Waals surface area contributed by atoms with E-state index in [1.807, 2.05) is 6.92 Å². The summed E-state index contributed by atoms with van der Waals surface area (Å²) in [6.45, 7) is 2.66. The Hall–Kier alpha value is -3.46. The van der Waals surface area contributed by atoms with E-state index >= 15 is 0 Å². The number of ether oxygens (including phenoxy) is 1. The van der Waals surface area contributed by atoms with Gasteiger partial charge in [0, 0.05) is 17.8 Å². The Balaban J connectivity index is 1.89. The topological polar surface area (TPSA) is 115 Å². The van der Waals surface area contributed by atoms with Crippen LogP contribution in [0.5, 0.6) is 5.75 Å². The third-order valence-electron chi connectivity index (χ3n) is 4.06. The van der Waals surface area contributed by atoms with Gasteiger partial charge < -0.3 is 20.3 Å². The lowest BCUT2D eigenvalue weighted by atomic mass is 10.3. The fourth-order valence-electron chi connectivity index (χ4n) is 2.58. The van der Waals surface area contributed by atoms with Crippen LogP contribution in [-0.2, 0) is 9.59 Å². The Labute approximate surface area is 162 Å². The highest BCUT2D eigenvalue weighted by molar-refractivity contribution is 5.94. The fraction of sp³-hybridized carbons (Fsp3) is 0.263. The predicted octanol–water partition coefficient (Wildman–Crippen LogP) is 1.09. The number of amides is 2. The number of nitrogens with one attached hydrogen (secondary N) is 3. The Morgan fingerprint density at radius 3 is 2.21 bits per heavy atom. The largest absolute Gasteiger partial charge is 0.495 e. The number of para-hydroxylation sites is 2. The molecule has 0 spiro atoms. The summed E-state index contributed by atoms with van der Waals surface area (Å²) in [5.41, 5.74) is 0.983. The number of nitro groups is 1. The molecule has 148 valence electrons. The van der Waals surface area contributed by atoms with Crippen molar-refractivity contribution in [3.05, 3.63) is 58.6 Å². The van der Waals surface area contributed by atoms with Crippen LogP contribution >= 0.6 is 0 Å². The van der Waals surface area contributed by atoms with Gasteiger partial charge >= 0.3 is 0 Å². The quantitative estimate of drug-likeness (QED) is 0.440. The molecule has 0 fully saturated rings. The van der Waals surface area contributed by atoms with Crippen molar-refractivity contribution in [1.82, 2.24) is 0 Å². The van der Waals surface area contributed by atoms with Gasteiger partial charge in [-0.15, -0.1) is 0 Å². The highest BCUT2D eigenvalue weighted by Crippen LogP contribution is 2.22. The first-order chi connectivity index (χ1) is 13.4. The van der Waals surface area contributed by atoms with Gasteiger partial charge in [0.1, 0.15) is 5.75 Å². The van der Waals surface area contributed by atoms with Crippen LogP contribution in [0.1, 0.15) is 6.92 Å². The van der Waals surface area contributed by atoms with Crippen molar-refractivity contribution in [2.24, 2.45) is 0 Å². The maximum atomic E-state index is 12.3. The molecule has 1 unspecified atom stereocenters. The molecule has 0 bridgehead atoms. The van der Waals surface area contributed by atoms with E-state index in [-0.39, 0.29) is 30.6 Å². The number of benzene rings is 2. The van der Waals surface area contributed by atoms with E-state index in [0.29, 0.717) is 23.7 Å². The Kier molecular flexibility index (Phi) is 7.46. The molecule has 2 aromatic rings. The lowest BCUT2D eigenvalue weighted by Crippen LogP contribution is -3.13. The highest BCUT2D eigenvalue weighted by atomic mass is 16.6. The van der Waals surface area contributed by atoms with Gasteiger partial charge in [-0.1, -0.05) is 12.1 Å². The lowest BCUT2D eigenvalue weighted by molar-refractivity contribution is -0.881. The van der Waals surface area contributed by atoms with E-state index in [4.69, 9.17) is 4.74 Å². The molecule has 2 rings (SSSR count). The second-order valence-corrected chi connectivity index (χ2v) is 6.06. The summed E-state index contributed by atoms with van der Waals surface area (Å²) < 4.78 is 5.20. The van der Waals surface area contributed by atoms with Crippen molar-refractivity contribution < 1.29 is 24.1 Å². The van der Waals surface area contributed by atoms with Gasteiger partial charge in [0.2, 0.25) is 0 Å². The third-order valence-corrected chi connectivity index (χ3v) is 4.06. The number of carbonyl (C=O) groups excluding carboxylic acids is 2. The van der Waals surface area contributed by atoms with E-state index in [1.54, 1.807) is 24.3 Å². The van der Waals surface area contributed by atoms with Crippen molar-refractivity contribution in [3.8, 4) is 5.75 Å². The summed E-state index contributed by atoms with van der Waals surface area (Å²) >= 11 is 0. The van der Waals surface area contributed by atoms with Crippen LogP contribution < -0.4 is 20.3 Å². The van der Waals surface area contributed by atoms with Gasteiger partial charge in [0.25, 0.3) is 17.5 Å². The zero-order valence-corrected chi connectivity index (χ0v) is 15.7. The maximum absolute atomic E-state index is 12.3. The van der Waals surface area contributed by atoms with Crippen molar-refractivity contribution >= 4 is 28.9 Å². The summed E-state index contributed by atoms with van der Waals surface area (Å²) in [5.74, 6) is 0.0464. The summed E-state index contributed by atoms with van der Waals surface area (Å²) in [6.07, 6.45) is 0. The van der Waals surface area contributed by atoms with Gasteiger partial charge in [-0.05, 0) is 31.2 Å². The lowest BCUT2D eigenvalue weighted by Gasteiger charge is -2.17. The van der Waals surface area contributed by atoms with Crippen LogP contribution in [0.3, 0.4) is 0 Å². The number of non-ortho nitro benzene ring substituents is 1. The molecule has 9 nitrogen and oxygen atoms in total. The first-order valence-electron chi connectivity index (χ1n) is 8.73. The smallest absolute Gasteiger partial charge is 0.279 e. The summed E-state index contributed by atoms with van der Waals surface area (Å²) in [7, 11) is 1.52. The molecule has 0 saturated heterocycles. The fourth-order valence-corrected chi connectivity index (χ4v) is 2.58. The van der Waals surface area contributed by atoms with Crippen molar-refractivity contribution in [2.75, 3.05) is 37.4 Å². The number of quaternary nitrogens is 1. The van der Waals surface area contributed by atoms with Gasteiger partial charge in [0.15, 0.2) is 13.1 Å². The molecule has 3 N–H and O–H groups in total. The van der Waals surface area contributed by atoms with E-state index in [1.165, 1.54) is 31.4 Å². The van der Waals surface area contributed by atoms with Crippen molar-refractivity contribution in [3.63, 3.8) is 0 Å².